The first kappa shape index (κ1) is 23.7. The molecule has 3 aliphatic heterocycles. The van der Waals surface area contributed by atoms with Crippen LogP contribution in [0.3, 0.4) is 0 Å². The topological polar surface area (TPSA) is 107 Å². The van der Waals surface area contributed by atoms with E-state index in [0.29, 0.717) is 10.6 Å². The van der Waals surface area contributed by atoms with Gasteiger partial charge < -0.3 is 9.80 Å². The maximum atomic E-state index is 15.1. The molecule has 0 radical (unpaired) electrons. The number of halogens is 2. The van der Waals surface area contributed by atoms with Gasteiger partial charge in [0.2, 0.25) is 21.8 Å². The molecule has 3 aliphatic rings. The van der Waals surface area contributed by atoms with E-state index >= 15 is 4.39 Å². The highest BCUT2D eigenvalue weighted by molar-refractivity contribution is 7.89. The largest absolute Gasteiger partial charge is 0.367 e. The van der Waals surface area contributed by atoms with Gasteiger partial charge in [0.25, 0.3) is 5.91 Å². The summed E-state index contributed by atoms with van der Waals surface area (Å²) < 4.78 is 42.3. The highest BCUT2D eigenvalue weighted by atomic mass is 35.5. The molecule has 184 valence electrons. The van der Waals surface area contributed by atoms with Gasteiger partial charge in [-0.3, -0.25) is 19.7 Å². The van der Waals surface area contributed by atoms with Crippen molar-refractivity contribution in [3.8, 4) is 0 Å². The summed E-state index contributed by atoms with van der Waals surface area (Å²) in [6, 6.07) is 7.94. The van der Waals surface area contributed by atoms with Crippen molar-refractivity contribution in [3.05, 3.63) is 58.4 Å². The van der Waals surface area contributed by atoms with Crippen LogP contribution in [0.5, 0.6) is 0 Å². The predicted molar refractivity (Wildman–Crippen MR) is 125 cm³/mol. The molecule has 3 amide bonds. The predicted octanol–water partition coefficient (Wildman–Crippen LogP) is 1.75. The second-order valence-corrected chi connectivity index (χ2v) is 11.1. The molecule has 0 aromatic heterocycles. The fraction of sp³-hybridized carbons (Fsp3) is 0.348. The van der Waals surface area contributed by atoms with Gasteiger partial charge in [-0.2, -0.15) is 4.31 Å². The third-order valence-electron chi connectivity index (χ3n) is 6.62. The minimum atomic E-state index is -3.70. The van der Waals surface area contributed by atoms with Crippen LogP contribution in [0.1, 0.15) is 28.8 Å². The van der Waals surface area contributed by atoms with Crippen molar-refractivity contribution in [2.24, 2.45) is 0 Å². The number of anilines is 1. The van der Waals surface area contributed by atoms with Crippen molar-refractivity contribution >= 4 is 45.0 Å². The van der Waals surface area contributed by atoms with Crippen LogP contribution in [-0.2, 0) is 26.2 Å². The van der Waals surface area contributed by atoms with E-state index < -0.39 is 33.7 Å². The molecule has 12 heteroatoms. The number of benzene rings is 2. The van der Waals surface area contributed by atoms with Gasteiger partial charge >= 0.3 is 0 Å². The van der Waals surface area contributed by atoms with Crippen molar-refractivity contribution in [2.75, 3.05) is 31.1 Å². The standard InChI is InChI=1S/C23H22ClFN4O5S/c24-15-1-3-16(4-2-15)35(33,34)28-9-7-27(8-10-28)20-11-14-13-29(23(32)17(14)12-18(20)25)19-5-6-21(30)26-22(19)31/h1-4,11-12,19H,5-10,13H2,(H,26,30,31). The molecule has 1 unspecified atom stereocenters. The van der Waals surface area contributed by atoms with E-state index in [4.69, 9.17) is 11.6 Å². The third kappa shape index (κ3) is 4.28. The molecule has 5 rings (SSSR count). The summed E-state index contributed by atoms with van der Waals surface area (Å²) >= 11 is 5.86. The average Bonchev–Trinajstić information content (AvgIpc) is 3.14. The zero-order chi connectivity index (χ0) is 24.9. The van der Waals surface area contributed by atoms with Crippen LogP contribution in [0, 0.1) is 5.82 Å². The number of rotatable bonds is 4. The molecule has 1 N–H and O–H groups in total. The zero-order valence-electron chi connectivity index (χ0n) is 18.5. The first-order valence-electron chi connectivity index (χ1n) is 11.1. The Labute approximate surface area is 206 Å². The molecule has 2 fully saturated rings. The number of sulfonamides is 1. The van der Waals surface area contributed by atoms with Gasteiger partial charge in [-0.15, -0.1) is 0 Å². The number of fused-ring (bicyclic) bond motifs is 1. The van der Waals surface area contributed by atoms with Gasteiger partial charge in [-0.25, -0.2) is 12.8 Å². The zero-order valence-corrected chi connectivity index (χ0v) is 20.1. The van der Waals surface area contributed by atoms with E-state index in [-0.39, 0.29) is 67.6 Å². The highest BCUT2D eigenvalue weighted by Crippen LogP contribution is 2.33. The molecule has 2 aromatic rings. The summed E-state index contributed by atoms with van der Waals surface area (Å²) in [6.07, 6.45) is 0.364. The monoisotopic (exact) mass is 520 g/mol. The summed E-state index contributed by atoms with van der Waals surface area (Å²) in [4.78, 5) is 39.8. The fourth-order valence-electron chi connectivity index (χ4n) is 4.74. The minimum Gasteiger partial charge on any atom is -0.367 e. The fourth-order valence-corrected chi connectivity index (χ4v) is 6.29. The van der Waals surface area contributed by atoms with E-state index in [2.05, 4.69) is 5.32 Å². The van der Waals surface area contributed by atoms with E-state index in [1.165, 1.54) is 39.5 Å². The van der Waals surface area contributed by atoms with Crippen molar-refractivity contribution < 1.29 is 27.2 Å². The lowest BCUT2D eigenvalue weighted by Crippen LogP contribution is -2.52. The molecule has 2 saturated heterocycles. The minimum absolute atomic E-state index is 0.138. The Morgan fingerprint density at radius 1 is 1.00 bits per heavy atom. The molecule has 0 spiro atoms. The van der Waals surface area contributed by atoms with Crippen molar-refractivity contribution in [3.63, 3.8) is 0 Å². The van der Waals surface area contributed by atoms with Gasteiger partial charge in [-0.05, 0) is 48.4 Å². The van der Waals surface area contributed by atoms with E-state index in [0.717, 1.165) is 0 Å². The number of piperazine rings is 1. The second-order valence-electron chi connectivity index (χ2n) is 8.71. The molecule has 9 nitrogen and oxygen atoms in total. The van der Waals surface area contributed by atoms with Crippen LogP contribution in [0.25, 0.3) is 0 Å². The highest BCUT2D eigenvalue weighted by Gasteiger charge is 2.40. The molecule has 3 heterocycles. The van der Waals surface area contributed by atoms with Gasteiger partial charge in [-0.1, -0.05) is 11.6 Å². The van der Waals surface area contributed by atoms with Gasteiger partial charge in [0.05, 0.1) is 10.6 Å². The van der Waals surface area contributed by atoms with E-state index in [1.54, 1.807) is 11.0 Å². The summed E-state index contributed by atoms with van der Waals surface area (Å²) in [5, 5.41) is 2.68. The van der Waals surface area contributed by atoms with Gasteiger partial charge in [0.1, 0.15) is 11.9 Å². The van der Waals surface area contributed by atoms with E-state index in [1.807, 2.05) is 0 Å². The Morgan fingerprint density at radius 2 is 1.69 bits per heavy atom. The molecule has 35 heavy (non-hydrogen) atoms. The number of carbonyl (C=O) groups is 3. The Hall–Kier alpha value is -3.02. The van der Waals surface area contributed by atoms with Crippen LogP contribution in [0.4, 0.5) is 10.1 Å². The van der Waals surface area contributed by atoms with Crippen molar-refractivity contribution in [2.45, 2.75) is 30.3 Å². The maximum absolute atomic E-state index is 15.1. The maximum Gasteiger partial charge on any atom is 0.255 e. The average molecular weight is 521 g/mol. The van der Waals surface area contributed by atoms with Crippen molar-refractivity contribution in [1.82, 2.24) is 14.5 Å². The quantitative estimate of drug-likeness (QED) is 0.616. The van der Waals surface area contributed by atoms with E-state index in [9.17, 15) is 22.8 Å². The molecule has 1 atom stereocenters. The summed E-state index contributed by atoms with van der Waals surface area (Å²) in [5.74, 6) is -1.93. The molecular weight excluding hydrogens is 499 g/mol. The third-order valence-corrected chi connectivity index (χ3v) is 8.79. The van der Waals surface area contributed by atoms with Crippen LogP contribution in [0.15, 0.2) is 41.3 Å². The molecule has 2 aromatic carbocycles. The number of nitrogens with one attached hydrogen (secondary N) is 1. The lowest BCUT2D eigenvalue weighted by Gasteiger charge is -2.35. The lowest BCUT2D eigenvalue weighted by molar-refractivity contribution is -0.136. The number of carbonyl (C=O) groups excluding carboxylic acids is 3. The Kier molecular flexibility index (Phi) is 6.02. The van der Waals surface area contributed by atoms with Gasteiger partial charge in [0.15, 0.2) is 0 Å². The number of piperidine rings is 1. The first-order chi connectivity index (χ1) is 16.6. The van der Waals surface area contributed by atoms with Crippen LogP contribution >= 0.6 is 11.6 Å². The number of imide groups is 1. The Morgan fingerprint density at radius 3 is 2.34 bits per heavy atom. The number of amides is 3. The first-order valence-corrected chi connectivity index (χ1v) is 12.9. The molecule has 0 saturated carbocycles. The SMILES string of the molecule is O=C1CCC(N2Cc3cc(N4CCN(S(=O)(=O)c5ccc(Cl)cc5)CC4)c(F)cc3C2=O)C(=O)N1. The molecule has 0 aliphatic carbocycles. The Balaban J connectivity index is 1.31. The van der Waals surface area contributed by atoms with Crippen LogP contribution in [-0.4, -0.2) is 67.6 Å². The van der Waals surface area contributed by atoms with Crippen molar-refractivity contribution in [1.29, 1.82) is 0 Å². The Bertz CT molecular complexity index is 1330. The van der Waals surface area contributed by atoms with Gasteiger partial charge in [0, 0.05) is 49.7 Å². The molecule has 0 bridgehead atoms. The smallest absolute Gasteiger partial charge is 0.255 e. The summed E-state index contributed by atoms with van der Waals surface area (Å²) in [7, 11) is -3.70. The lowest BCUT2D eigenvalue weighted by atomic mass is 10.0. The van der Waals surface area contributed by atoms with Crippen LogP contribution in [0.2, 0.25) is 5.02 Å². The molecular formula is C23H22ClFN4O5S. The normalized spacial score (nSPS) is 21.3. The number of nitrogens with zero attached hydrogens (tertiary/aromatic N) is 3. The summed E-state index contributed by atoms with van der Waals surface area (Å²) in [5.41, 5.74) is 1.07. The number of hydrogen-bond donors (Lipinski definition) is 1. The number of hydrogen-bond acceptors (Lipinski definition) is 6. The summed E-state index contributed by atoms with van der Waals surface area (Å²) in [6.45, 7) is 1.02. The van der Waals surface area contributed by atoms with Crippen LogP contribution < -0.4 is 10.2 Å². The second kappa shape index (κ2) is 8.89.